The zero-order valence-electron chi connectivity index (χ0n) is 16.0. The Labute approximate surface area is 186 Å². The van der Waals surface area contributed by atoms with Gasteiger partial charge in [-0.1, -0.05) is 15.9 Å². The van der Waals surface area contributed by atoms with Crippen molar-refractivity contribution in [1.82, 2.24) is 9.99 Å². The van der Waals surface area contributed by atoms with Gasteiger partial charge in [0.2, 0.25) is 0 Å². The number of hydrazone groups is 1. The summed E-state index contributed by atoms with van der Waals surface area (Å²) in [6, 6.07) is 17.5. The monoisotopic (exact) mass is 518 g/mol. The van der Waals surface area contributed by atoms with E-state index in [1.54, 1.807) is 12.3 Å². The summed E-state index contributed by atoms with van der Waals surface area (Å²) in [4.78, 5) is 14.0. The van der Waals surface area contributed by atoms with Crippen LogP contribution < -0.4 is 15.1 Å². The molecule has 1 N–H and O–H groups in total. The minimum Gasteiger partial charge on any atom is -0.483 e. The van der Waals surface area contributed by atoms with Gasteiger partial charge in [-0.25, -0.2) is 5.43 Å². The Morgan fingerprint density at radius 3 is 2.62 bits per heavy atom. The van der Waals surface area contributed by atoms with Crippen LogP contribution in [0.25, 0.3) is 5.69 Å². The number of amides is 1. The fourth-order valence-corrected chi connectivity index (χ4v) is 3.75. The van der Waals surface area contributed by atoms with E-state index in [0.29, 0.717) is 5.75 Å². The van der Waals surface area contributed by atoms with E-state index in [1.165, 1.54) is 0 Å². The Balaban J connectivity index is 1.58. The molecule has 29 heavy (non-hydrogen) atoms. The highest BCUT2D eigenvalue weighted by Gasteiger charge is 2.06. The number of benzene rings is 2. The van der Waals surface area contributed by atoms with Crippen LogP contribution in [0, 0.1) is 0 Å². The lowest BCUT2D eigenvalue weighted by Gasteiger charge is -2.13. The molecule has 2 aromatic carbocycles. The van der Waals surface area contributed by atoms with Crippen LogP contribution >= 0.6 is 31.9 Å². The number of carbonyl (C=O) groups is 1. The van der Waals surface area contributed by atoms with E-state index in [9.17, 15) is 4.79 Å². The van der Waals surface area contributed by atoms with Crippen LogP contribution in [0.3, 0.4) is 0 Å². The Morgan fingerprint density at radius 1 is 1.17 bits per heavy atom. The van der Waals surface area contributed by atoms with Gasteiger partial charge in [0.25, 0.3) is 5.91 Å². The minimum atomic E-state index is -0.343. The SMILES string of the molecule is CN(C)c1ccc(-n2cccc2/C=N/NC(=O)COc2ccc(Br)cc2Br)cc1. The van der Waals surface area contributed by atoms with E-state index >= 15 is 0 Å². The first-order chi connectivity index (χ1) is 13.9. The number of nitrogens with zero attached hydrogens (tertiary/aromatic N) is 3. The highest BCUT2D eigenvalue weighted by atomic mass is 79.9. The van der Waals surface area contributed by atoms with Gasteiger partial charge in [-0.15, -0.1) is 0 Å². The average Bonchev–Trinajstić information content (AvgIpc) is 3.16. The average molecular weight is 520 g/mol. The lowest BCUT2D eigenvalue weighted by atomic mass is 10.2. The lowest BCUT2D eigenvalue weighted by molar-refractivity contribution is -0.123. The summed E-state index contributed by atoms with van der Waals surface area (Å²) in [5, 5.41) is 4.04. The molecule has 8 heteroatoms. The van der Waals surface area contributed by atoms with Gasteiger partial charge in [-0.2, -0.15) is 5.10 Å². The topological polar surface area (TPSA) is 58.9 Å². The molecular formula is C21H20Br2N4O2. The van der Waals surface area contributed by atoms with Gasteiger partial charge in [0.1, 0.15) is 5.75 Å². The molecule has 0 aliphatic heterocycles. The molecule has 0 aliphatic rings. The third kappa shape index (κ3) is 5.71. The lowest BCUT2D eigenvalue weighted by Crippen LogP contribution is -2.24. The number of anilines is 1. The number of rotatable bonds is 7. The standard InChI is InChI=1S/C21H20Br2N4O2/c1-26(2)16-6-8-17(9-7-16)27-11-3-4-18(27)13-24-25-21(28)14-29-20-10-5-15(22)12-19(20)23/h3-13H,14H2,1-2H3,(H,25,28)/b24-13+. The Bertz CT molecular complexity index is 1010. The third-order valence-corrected chi connectivity index (χ3v) is 5.18. The van der Waals surface area contributed by atoms with Gasteiger partial charge in [0.05, 0.1) is 16.4 Å². The van der Waals surface area contributed by atoms with E-state index in [1.807, 2.05) is 66.2 Å². The first-order valence-electron chi connectivity index (χ1n) is 8.79. The highest BCUT2D eigenvalue weighted by molar-refractivity contribution is 9.11. The van der Waals surface area contributed by atoms with Crippen LogP contribution in [0.2, 0.25) is 0 Å². The molecule has 0 saturated carbocycles. The maximum atomic E-state index is 12.0. The van der Waals surface area contributed by atoms with E-state index in [4.69, 9.17) is 4.74 Å². The quantitative estimate of drug-likeness (QED) is 0.366. The number of ether oxygens (including phenoxy) is 1. The molecule has 1 aromatic heterocycles. The molecule has 3 aromatic rings. The van der Waals surface area contributed by atoms with Crippen LogP contribution in [-0.2, 0) is 4.79 Å². The zero-order chi connectivity index (χ0) is 20.8. The van der Waals surface area contributed by atoms with E-state index in [2.05, 4.69) is 54.5 Å². The molecule has 0 radical (unpaired) electrons. The number of halogens is 2. The van der Waals surface area contributed by atoms with Crippen LogP contribution in [-0.4, -0.2) is 37.4 Å². The first-order valence-corrected chi connectivity index (χ1v) is 10.4. The molecule has 0 aliphatic carbocycles. The highest BCUT2D eigenvalue weighted by Crippen LogP contribution is 2.28. The molecule has 6 nitrogen and oxygen atoms in total. The molecule has 3 rings (SSSR count). The van der Waals surface area contributed by atoms with Crippen molar-refractivity contribution >= 4 is 49.7 Å². The predicted molar refractivity (Wildman–Crippen MR) is 123 cm³/mol. The van der Waals surface area contributed by atoms with Crippen molar-refractivity contribution in [3.63, 3.8) is 0 Å². The summed E-state index contributed by atoms with van der Waals surface area (Å²) < 4.78 is 9.18. The summed E-state index contributed by atoms with van der Waals surface area (Å²) in [6.45, 7) is -0.134. The van der Waals surface area contributed by atoms with Gasteiger partial charge in [0, 0.05) is 36.1 Å². The summed E-state index contributed by atoms with van der Waals surface area (Å²) in [5.74, 6) is 0.242. The molecule has 0 unspecified atom stereocenters. The van der Waals surface area contributed by atoms with E-state index in [-0.39, 0.29) is 12.5 Å². The molecule has 0 atom stereocenters. The second-order valence-electron chi connectivity index (χ2n) is 6.37. The van der Waals surface area contributed by atoms with Gasteiger partial charge < -0.3 is 14.2 Å². The van der Waals surface area contributed by atoms with Gasteiger partial charge in [0.15, 0.2) is 6.61 Å². The van der Waals surface area contributed by atoms with Crippen molar-refractivity contribution < 1.29 is 9.53 Å². The maximum absolute atomic E-state index is 12.0. The molecule has 0 spiro atoms. The molecule has 0 saturated heterocycles. The smallest absolute Gasteiger partial charge is 0.277 e. The van der Waals surface area contributed by atoms with E-state index < -0.39 is 0 Å². The fraction of sp³-hybridized carbons (Fsp3) is 0.143. The van der Waals surface area contributed by atoms with Crippen molar-refractivity contribution in [2.24, 2.45) is 5.10 Å². The molecule has 0 fully saturated rings. The van der Waals surface area contributed by atoms with Crippen molar-refractivity contribution in [2.75, 3.05) is 25.6 Å². The van der Waals surface area contributed by atoms with Gasteiger partial charge >= 0.3 is 0 Å². The summed E-state index contributed by atoms with van der Waals surface area (Å²) in [5.41, 5.74) is 5.47. The normalized spacial score (nSPS) is 10.9. The minimum absolute atomic E-state index is 0.134. The van der Waals surface area contributed by atoms with Crippen LogP contribution in [0.4, 0.5) is 5.69 Å². The van der Waals surface area contributed by atoms with Crippen molar-refractivity contribution in [3.05, 3.63) is 75.4 Å². The van der Waals surface area contributed by atoms with Crippen molar-refractivity contribution in [3.8, 4) is 11.4 Å². The van der Waals surface area contributed by atoms with Crippen LogP contribution in [0.5, 0.6) is 5.75 Å². The first kappa shape index (κ1) is 21.1. The number of nitrogens with one attached hydrogen (secondary N) is 1. The summed E-state index contributed by atoms with van der Waals surface area (Å²) in [7, 11) is 4.01. The second-order valence-corrected chi connectivity index (χ2v) is 8.14. The summed E-state index contributed by atoms with van der Waals surface area (Å²) in [6.07, 6.45) is 3.55. The molecule has 1 heterocycles. The number of hydrogen-bond acceptors (Lipinski definition) is 4. The zero-order valence-corrected chi connectivity index (χ0v) is 19.1. The van der Waals surface area contributed by atoms with Gasteiger partial charge in [-0.3, -0.25) is 4.79 Å². The third-order valence-electron chi connectivity index (χ3n) is 4.06. The van der Waals surface area contributed by atoms with Gasteiger partial charge in [-0.05, 0) is 70.5 Å². The van der Waals surface area contributed by atoms with Crippen molar-refractivity contribution in [1.29, 1.82) is 0 Å². The second kappa shape index (κ2) is 9.76. The Kier molecular flexibility index (Phi) is 7.11. The van der Waals surface area contributed by atoms with E-state index in [0.717, 1.165) is 26.0 Å². The maximum Gasteiger partial charge on any atom is 0.277 e. The number of carbonyl (C=O) groups excluding carboxylic acids is 1. The Hall–Kier alpha value is -2.58. The fourth-order valence-electron chi connectivity index (χ4n) is 2.58. The number of hydrogen-bond donors (Lipinski definition) is 1. The summed E-state index contributed by atoms with van der Waals surface area (Å²) >= 11 is 6.77. The Morgan fingerprint density at radius 2 is 1.93 bits per heavy atom. The molecular weight excluding hydrogens is 500 g/mol. The van der Waals surface area contributed by atoms with Crippen LogP contribution in [0.15, 0.2) is 74.8 Å². The van der Waals surface area contributed by atoms with Crippen molar-refractivity contribution in [2.45, 2.75) is 0 Å². The predicted octanol–water partition coefficient (Wildman–Crippen LogP) is 4.60. The largest absolute Gasteiger partial charge is 0.483 e. The number of aromatic nitrogens is 1. The molecule has 150 valence electrons. The van der Waals surface area contributed by atoms with Crippen LogP contribution in [0.1, 0.15) is 5.69 Å². The molecule has 1 amide bonds. The molecule has 0 bridgehead atoms.